The molecule has 0 spiro atoms. The van der Waals surface area contributed by atoms with E-state index in [2.05, 4.69) is 0 Å². The number of carbonyl (C=O) groups is 1. The number of ether oxygens (including phenoxy) is 1. The minimum Gasteiger partial charge on any atom is -0.480 e. The van der Waals surface area contributed by atoms with Crippen LogP contribution in [0.2, 0.25) is 0 Å². The summed E-state index contributed by atoms with van der Waals surface area (Å²) in [4.78, 5) is 12.9. The third-order valence-corrected chi connectivity index (χ3v) is 9.76. The van der Waals surface area contributed by atoms with E-state index in [1.807, 2.05) is 10.7 Å². The van der Waals surface area contributed by atoms with Crippen molar-refractivity contribution in [2.45, 2.75) is 72.8 Å². The number of hydrogen-bond acceptors (Lipinski definition) is 6. The number of hydrogen-bond donors (Lipinski definition) is 1. The molecule has 2 aromatic rings. The molecule has 0 amide bonds. The smallest absolute Gasteiger partial charge is 0.417 e. The molecule has 5 rings (SSSR count). The Bertz CT molecular complexity index is 1240. The molecular formula is C24H28F3N3O5S. The molecule has 1 N–H and O–H groups in total. The van der Waals surface area contributed by atoms with Crippen LogP contribution >= 0.6 is 0 Å². The van der Waals surface area contributed by atoms with E-state index in [-0.39, 0.29) is 24.9 Å². The average Bonchev–Trinajstić information content (AvgIpc) is 3.43. The normalized spacial score (nSPS) is 24.1. The zero-order valence-corrected chi connectivity index (χ0v) is 20.3. The fourth-order valence-electron chi connectivity index (χ4n) is 5.35. The number of aromatic nitrogens is 2. The molecule has 0 bridgehead atoms. The maximum atomic E-state index is 13.6. The molecule has 36 heavy (non-hydrogen) atoms. The van der Waals surface area contributed by atoms with Crippen molar-refractivity contribution in [3.63, 3.8) is 0 Å². The largest absolute Gasteiger partial charge is 0.480 e. The highest BCUT2D eigenvalue weighted by Crippen LogP contribution is 2.42. The van der Waals surface area contributed by atoms with Gasteiger partial charge in [-0.1, -0.05) is 12.1 Å². The third kappa shape index (κ3) is 4.49. The summed E-state index contributed by atoms with van der Waals surface area (Å²) in [5, 5.41) is 13.5. The molecule has 1 aliphatic carbocycles. The van der Waals surface area contributed by atoms with Crippen molar-refractivity contribution in [3.05, 3.63) is 41.6 Å². The molecule has 1 aromatic carbocycles. The van der Waals surface area contributed by atoms with Gasteiger partial charge in [-0.3, -0.25) is 0 Å². The number of benzene rings is 1. The van der Waals surface area contributed by atoms with Gasteiger partial charge in [-0.25, -0.2) is 17.9 Å². The van der Waals surface area contributed by atoms with Crippen molar-refractivity contribution < 1.29 is 36.2 Å². The molecule has 1 aromatic heterocycles. The van der Waals surface area contributed by atoms with E-state index in [9.17, 15) is 31.5 Å². The minimum atomic E-state index is -4.85. The van der Waals surface area contributed by atoms with Crippen molar-refractivity contribution in [1.29, 1.82) is 0 Å². The standard InChI is InChI=1S/C24H28F3N3O5S/c25-24(26,27)18-6-1-2-7-21(18)36(33,34)17-12-20(23(31)32)29(14-17)22-13-19(15-8-10-35-11-9-15)28-30(22)16-4-3-5-16/h1-2,6-7,13,15-17,20H,3-5,8-12,14H2,(H,31,32). The van der Waals surface area contributed by atoms with E-state index >= 15 is 0 Å². The van der Waals surface area contributed by atoms with Crippen LogP contribution in [0.1, 0.15) is 61.7 Å². The lowest BCUT2D eigenvalue weighted by Gasteiger charge is -2.31. The van der Waals surface area contributed by atoms with Gasteiger partial charge in [-0.15, -0.1) is 0 Å². The molecule has 0 radical (unpaired) electrons. The van der Waals surface area contributed by atoms with E-state index in [4.69, 9.17) is 9.84 Å². The zero-order chi connectivity index (χ0) is 25.7. The summed E-state index contributed by atoms with van der Waals surface area (Å²) in [6.45, 7) is 0.991. The summed E-state index contributed by atoms with van der Waals surface area (Å²) < 4.78 is 74.9. The molecule has 2 atom stereocenters. The number of carboxylic acid groups (broad SMARTS) is 1. The second kappa shape index (κ2) is 9.37. The Morgan fingerprint density at radius 3 is 2.42 bits per heavy atom. The number of nitrogens with zero attached hydrogens (tertiary/aromatic N) is 3. The first-order valence-electron chi connectivity index (χ1n) is 12.1. The second-order valence-corrected chi connectivity index (χ2v) is 11.9. The summed E-state index contributed by atoms with van der Waals surface area (Å²) in [6.07, 6.45) is -0.808. The van der Waals surface area contributed by atoms with Crippen LogP contribution in [-0.4, -0.2) is 60.3 Å². The van der Waals surface area contributed by atoms with Gasteiger partial charge in [-0.2, -0.15) is 18.3 Å². The Morgan fingerprint density at radius 1 is 1.11 bits per heavy atom. The molecule has 2 aliphatic heterocycles. The van der Waals surface area contributed by atoms with Crippen LogP contribution in [-0.2, 0) is 25.5 Å². The molecule has 1 saturated carbocycles. The number of alkyl halides is 3. The number of rotatable bonds is 6. The van der Waals surface area contributed by atoms with Crippen LogP contribution in [0.3, 0.4) is 0 Å². The van der Waals surface area contributed by atoms with E-state index < -0.39 is 43.7 Å². The Hall–Kier alpha value is -2.60. The molecule has 3 aliphatic rings. The van der Waals surface area contributed by atoms with Crippen LogP contribution < -0.4 is 4.90 Å². The van der Waals surface area contributed by atoms with Gasteiger partial charge >= 0.3 is 12.1 Å². The second-order valence-electron chi connectivity index (χ2n) is 9.75. The molecule has 2 saturated heterocycles. The van der Waals surface area contributed by atoms with Crippen molar-refractivity contribution in [3.8, 4) is 0 Å². The van der Waals surface area contributed by atoms with Gasteiger partial charge in [0.25, 0.3) is 0 Å². The van der Waals surface area contributed by atoms with Gasteiger partial charge in [0, 0.05) is 31.7 Å². The average molecular weight is 528 g/mol. The first-order valence-corrected chi connectivity index (χ1v) is 13.7. The molecule has 8 nitrogen and oxygen atoms in total. The van der Waals surface area contributed by atoms with E-state index in [1.54, 1.807) is 0 Å². The van der Waals surface area contributed by atoms with Gasteiger partial charge in [0.2, 0.25) is 0 Å². The number of anilines is 1. The van der Waals surface area contributed by atoms with E-state index in [0.29, 0.717) is 19.0 Å². The van der Waals surface area contributed by atoms with Gasteiger partial charge in [0.05, 0.1) is 27.4 Å². The molecule has 12 heteroatoms. The van der Waals surface area contributed by atoms with Crippen molar-refractivity contribution in [1.82, 2.24) is 9.78 Å². The van der Waals surface area contributed by atoms with Crippen LogP contribution in [0.5, 0.6) is 0 Å². The Labute approximate surface area is 207 Å². The number of sulfone groups is 1. The first-order chi connectivity index (χ1) is 17.1. The molecule has 196 valence electrons. The molecular weight excluding hydrogens is 499 g/mol. The van der Waals surface area contributed by atoms with Crippen molar-refractivity contribution in [2.75, 3.05) is 24.7 Å². The quantitative estimate of drug-likeness (QED) is 0.605. The van der Waals surface area contributed by atoms with Crippen molar-refractivity contribution >= 4 is 21.6 Å². The summed E-state index contributed by atoms with van der Waals surface area (Å²) in [6, 6.07) is 4.79. The minimum absolute atomic E-state index is 0.0876. The van der Waals surface area contributed by atoms with Crippen LogP contribution in [0.15, 0.2) is 35.2 Å². The Kier molecular flexibility index (Phi) is 6.52. The lowest BCUT2D eigenvalue weighted by Crippen LogP contribution is -2.38. The van der Waals surface area contributed by atoms with Crippen LogP contribution in [0.4, 0.5) is 19.0 Å². The Morgan fingerprint density at radius 2 is 1.81 bits per heavy atom. The van der Waals surface area contributed by atoms with Crippen molar-refractivity contribution in [2.24, 2.45) is 0 Å². The van der Waals surface area contributed by atoms with Gasteiger partial charge in [0.1, 0.15) is 11.9 Å². The highest BCUT2D eigenvalue weighted by atomic mass is 32.2. The Balaban J connectivity index is 1.51. The predicted octanol–water partition coefficient (Wildman–Crippen LogP) is 4.03. The highest BCUT2D eigenvalue weighted by Gasteiger charge is 2.47. The predicted molar refractivity (Wildman–Crippen MR) is 124 cm³/mol. The van der Waals surface area contributed by atoms with Gasteiger partial charge in [0.15, 0.2) is 9.84 Å². The highest BCUT2D eigenvalue weighted by molar-refractivity contribution is 7.92. The maximum absolute atomic E-state index is 13.6. The SMILES string of the molecule is O=C(O)C1CC(S(=O)(=O)c2ccccc2C(F)(F)F)CN1c1cc(C2CCOCC2)nn1C1CCC1. The lowest BCUT2D eigenvalue weighted by molar-refractivity contribution is -0.140. The molecule has 2 unspecified atom stereocenters. The number of aliphatic carboxylic acids is 1. The number of carboxylic acids is 1. The van der Waals surface area contributed by atoms with E-state index in [1.165, 1.54) is 11.0 Å². The van der Waals surface area contributed by atoms with Crippen LogP contribution in [0, 0.1) is 0 Å². The van der Waals surface area contributed by atoms with Crippen LogP contribution in [0.25, 0.3) is 0 Å². The topological polar surface area (TPSA) is 102 Å². The third-order valence-electron chi connectivity index (χ3n) is 7.57. The monoisotopic (exact) mass is 527 g/mol. The fraction of sp³-hybridized carbons (Fsp3) is 0.583. The molecule has 3 heterocycles. The molecule has 3 fully saturated rings. The fourth-order valence-corrected chi connectivity index (χ4v) is 7.26. The van der Waals surface area contributed by atoms with Gasteiger partial charge < -0.3 is 14.7 Å². The summed E-state index contributed by atoms with van der Waals surface area (Å²) in [7, 11) is -4.47. The summed E-state index contributed by atoms with van der Waals surface area (Å²) >= 11 is 0. The zero-order valence-electron chi connectivity index (χ0n) is 19.5. The summed E-state index contributed by atoms with van der Waals surface area (Å²) in [5.41, 5.74) is -0.422. The lowest BCUT2D eigenvalue weighted by atomic mass is 9.93. The maximum Gasteiger partial charge on any atom is 0.417 e. The summed E-state index contributed by atoms with van der Waals surface area (Å²) in [5.74, 6) is -0.538. The number of halogens is 3. The van der Waals surface area contributed by atoms with Gasteiger partial charge in [-0.05, 0) is 50.7 Å². The van der Waals surface area contributed by atoms with E-state index in [0.717, 1.165) is 56.0 Å². The first kappa shape index (κ1) is 25.1.